The molecule has 0 unspecified atom stereocenters. The number of unbranched alkanes of at least 4 members (excludes halogenated alkanes) is 1. The van der Waals surface area contributed by atoms with Gasteiger partial charge in [-0.1, -0.05) is 43.8 Å². The zero-order chi connectivity index (χ0) is 35.0. The van der Waals surface area contributed by atoms with E-state index in [1.807, 2.05) is 13.8 Å². The molecule has 260 valence electrons. The van der Waals surface area contributed by atoms with Gasteiger partial charge in [0.1, 0.15) is 0 Å². The zero-order valence-electron chi connectivity index (χ0n) is 27.6. The van der Waals surface area contributed by atoms with Gasteiger partial charge in [0.25, 0.3) is 23.6 Å². The quantitative estimate of drug-likeness (QED) is 0.125. The van der Waals surface area contributed by atoms with E-state index in [0.29, 0.717) is 32.3 Å². The van der Waals surface area contributed by atoms with Crippen molar-refractivity contribution in [1.82, 2.24) is 20.4 Å². The molecular weight excluding hydrogens is 649 g/mol. The Morgan fingerprint density at radius 3 is 1.57 bits per heavy atom. The van der Waals surface area contributed by atoms with E-state index < -0.39 is 23.6 Å². The molecule has 2 heterocycles. The first-order valence-electron chi connectivity index (χ1n) is 15.6. The largest absolute Gasteiger partial charge is 0.376 e. The van der Waals surface area contributed by atoms with E-state index in [9.17, 15) is 38.4 Å². The number of rotatable bonds is 22. The summed E-state index contributed by atoms with van der Waals surface area (Å²) in [4.78, 5) is 96.7. The highest BCUT2D eigenvalue weighted by Crippen LogP contribution is 2.29. The minimum absolute atomic E-state index is 0.0195. The van der Waals surface area contributed by atoms with Gasteiger partial charge in [-0.3, -0.25) is 48.2 Å². The van der Waals surface area contributed by atoms with Crippen LogP contribution in [0.4, 0.5) is 0 Å². The second kappa shape index (κ2) is 19.5. The number of nitrogens with one attached hydrogen (secondary N) is 2. The van der Waals surface area contributed by atoms with Gasteiger partial charge in [-0.15, -0.1) is 0 Å². The summed E-state index contributed by atoms with van der Waals surface area (Å²) in [5, 5.41) is 5.07. The van der Waals surface area contributed by atoms with Crippen LogP contribution < -0.4 is 10.6 Å². The minimum atomic E-state index is -0.406. The molecule has 15 heteroatoms. The van der Waals surface area contributed by atoms with E-state index in [0.717, 1.165) is 52.6 Å². The third kappa shape index (κ3) is 15.9. The van der Waals surface area contributed by atoms with E-state index in [4.69, 9.17) is 4.74 Å². The molecule has 0 bridgehead atoms. The molecule has 0 atom stereocenters. The molecule has 2 rings (SSSR count). The lowest BCUT2D eigenvalue weighted by Crippen LogP contribution is -2.38. The zero-order valence-corrected chi connectivity index (χ0v) is 29.2. The van der Waals surface area contributed by atoms with Crippen LogP contribution >= 0.6 is 23.5 Å². The molecule has 0 radical (unpaired) electrons. The van der Waals surface area contributed by atoms with Crippen molar-refractivity contribution in [3.05, 3.63) is 24.3 Å². The van der Waals surface area contributed by atoms with Gasteiger partial charge in [-0.25, -0.2) is 0 Å². The molecule has 6 amide bonds. The molecule has 0 aromatic rings. The maximum Gasteiger partial charge on any atom is 0.253 e. The van der Waals surface area contributed by atoms with Gasteiger partial charge in [-0.05, 0) is 44.9 Å². The maximum atomic E-state index is 12.3. The molecule has 0 aromatic heterocycles. The highest BCUT2D eigenvalue weighted by Gasteiger charge is 2.25. The van der Waals surface area contributed by atoms with E-state index in [2.05, 4.69) is 24.5 Å². The number of hydrogen-bond acceptors (Lipinski definition) is 11. The number of carbonyl (C=O) groups is 8. The molecule has 13 nitrogen and oxygen atoms in total. The lowest BCUT2D eigenvalue weighted by Gasteiger charge is -2.29. The Labute approximate surface area is 284 Å². The average molecular weight is 695 g/mol. The average Bonchev–Trinajstić information content (AvgIpc) is 3.50. The highest BCUT2D eigenvalue weighted by atomic mass is 32.2. The normalized spacial score (nSPS) is 14.8. The van der Waals surface area contributed by atoms with Crippen LogP contribution in [0.3, 0.4) is 0 Å². The van der Waals surface area contributed by atoms with E-state index in [-0.39, 0.29) is 70.7 Å². The van der Waals surface area contributed by atoms with Gasteiger partial charge >= 0.3 is 0 Å². The van der Waals surface area contributed by atoms with Gasteiger partial charge < -0.3 is 15.4 Å². The predicted molar refractivity (Wildman–Crippen MR) is 179 cm³/mol. The van der Waals surface area contributed by atoms with Gasteiger partial charge in [0.15, 0.2) is 10.2 Å². The van der Waals surface area contributed by atoms with E-state index >= 15 is 0 Å². The molecule has 0 aromatic carbocycles. The van der Waals surface area contributed by atoms with Crippen molar-refractivity contribution in [2.75, 3.05) is 44.3 Å². The second-order valence-electron chi connectivity index (χ2n) is 12.6. The monoisotopic (exact) mass is 694 g/mol. The van der Waals surface area contributed by atoms with Crippen molar-refractivity contribution < 1.29 is 43.1 Å². The fourth-order valence-corrected chi connectivity index (χ4v) is 5.84. The van der Waals surface area contributed by atoms with Crippen LogP contribution in [0.2, 0.25) is 0 Å². The Morgan fingerprint density at radius 2 is 1.11 bits per heavy atom. The molecule has 0 aliphatic carbocycles. The molecule has 0 saturated heterocycles. The Bertz CT molecular complexity index is 1230. The van der Waals surface area contributed by atoms with Crippen LogP contribution in [-0.4, -0.2) is 105 Å². The summed E-state index contributed by atoms with van der Waals surface area (Å²) >= 11 is 1.90. The number of ether oxygens (including phenoxy) is 1. The van der Waals surface area contributed by atoms with Gasteiger partial charge in [0.2, 0.25) is 11.8 Å². The SMILES string of the molecule is CC(C)(CCOC(C)(C)CCCCC(=O)SCC(=O)NCCN1C(=O)C=CC1=O)CCC(=O)SCC(=O)NCCN1C(=O)C=CC1=O. The summed E-state index contributed by atoms with van der Waals surface area (Å²) in [7, 11) is 0. The first-order chi connectivity index (χ1) is 22.1. The highest BCUT2D eigenvalue weighted by molar-refractivity contribution is 8.14. The molecule has 2 aliphatic rings. The van der Waals surface area contributed by atoms with Crippen molar-refractivity contribution >= 4 is 69.2 Å². The molecule has 0 saturated carbocycles. The van der Waals surface area contributed by atoms with Crippen LogP contribution in [0.25, 0.3) is 0 Å². The number of imide groups is 2. The molecule has 0 fully saturated rings. The van der Waals surface area contributed by atoms with Crippen LogP contribution in [0.1, 0.15) is 72.6 Å². The number of amides is 6. The Hall–Kier alpha value is -3.30. The fourth-order valence-electron chi connectivity index (χ4n) is 4.52. The summed E-state index contributed by atoms with van der Waals surface area (Å²) in [6.45, 7) is 9.09. The Morgan fingerprint density at radius 1 is 0.660 bits per heavy atom. The first kappa shape index (κ1) is 39.9. The molecule has 0 spiro atoms. The van der Waals surface area contributed by atoms with Crippen molar-refractivity contribution in [3.8, 4) is 0 Å². The number of thioether (sulfide) groups is 2. The van der Waals surface area contributed by atoms with Crippen molar-refractivity contribution in [2.45, 2.75) is 78.2 Å². The standard InChI is InChI=1S/C32H46N4O9S2/c1-31(2,14-12-30(44)47-22-24(38)34-17-19-36-27(41)10-11-28(36)42)15-20-45-32(3,4)13-6-5-7-29(43)46-21-23(37)33-16-18-35-25(39)8-9-26(35)40/h8-11H,5-7,12-22H2,1-4H3,(H,33,37)(H,34,38). The smallest absolute Gasteiger partial charge is 0.253 e. The van der Waals surface area contributed by atoms with Gasteiger partial charge in [-0.2, -0.15) is 0 Å². The van der Waals surface area contributed by atoms with Crippen LogP contribution in [0, 0.1) is 5.41 Å². The predicted octanol–water partition coefficient (Wildman–Crippen LogP) is 2.14. The molecular formula is C32H46N4O9S2. The van der Waals surface area contributed by atoms with Crippen molar-refractivity contribution in [2.24, 2.45) is 5.41 Å². The number of carbonyl (C=O) groups excluding carboxylic acids is 8. The Kier molecular flexibility index (Phi) is 16.5. The first-order valence-corrected chi connectivity index (χ1v) is 17.6. The minimum Gasteiger partial charge on any atom is -0.376 e. The fraction of sp³-hybridized carbons (Fsp3) is 0.625. The van der Waals surface area contributed by atoms with Crippen molar-refractivity contribution in [1.29, 1.82) is 0 Å². The molecule has 47 heavy (non-hydrogen) atoms. The number of hydrogen-bond donors (Lipinski definition) is 2. The lowest BCUT2D eigenvalue weighted by molar-refractivity contribution is -0.138. The Balaban J connectivity index is 1.49. The van der Waals surface area contributed by atoms with Crippen LogP contribution in [0.5, 0.6) is 0 Å². The molecule has 2 aliphatic heterocycles. The molecule has 2 N–H and O–H groups in total. The van der Waals surface area contributed by atoms with Crippen LogP contribution in [-0.2, 0) is 43.1 Å². The summed E-state index contributed by atoms with van der Waals surface area (Å²) in [5.74, 6) is -2.33. The summed E-state index contributed by atoms with van der Waals surface area (Å²) in [5.41, 5.74) is -0.530. The topological polar surface area (TPSA) is 176 Å². The third-order valence-electron chi connectivity index (χ3n) is 7.53. The number of nitrogens with zero attached hydrogens (tertiary/aromatic N) is 2. The van der Waals surface area contributed by atoms with Crippen LogP contribution in [0.15, 0.2) is 24.3 Å². The van der Waals surface area contributed by atoms with E-state index in [1.54, 1.807) is 0 Å². The maximum absolute atomic E-state index is 12.3. The van der Waals surface area contributed by atoms with Gasteiger partial charge in [0, 0.05) is 69.9 Å². The van der Waals surface area contributed by atoms with Crippen molar-refractivity contribution in [3.63, 3.8) is 0 Å². The van der Waals surface area contributed by atoms with Gasteiger partial charge in [0.05, 0.1) is 17.1 Å². The summed E-state index contributed by atoms with van der Waals surface area (Å²) < 4.78 is 6.13. The summed E-state index contributed by atoms with van der Waals surface area (Å²) in [6.07, 6.45) is 9.01. The lowest BCUT2D eigenvalue weighted by atomic mass is 9.85. The van der Waals surface area contributed by atoms with E-state index in [1.165, 1.54) is 24.3 Å². The summed E-state index contributed by atoms with van der Waals surface area (Å²) in [6, 6.07) is 0. The third-order valence-corrected chi connectivity index (χ3v) is 9.40. The second-order valence-corrected chi connectivity index (χ2v) is 14.6.